The largest absolute Gasteiger partial charge is 0.467 e. The molecule has 0 unspecified atom stereocenters. The molecule has 0 bridgehead atoms. The minimum absolute atomic E-state index is 0.312. The second kappa shape index (κ2) is 8.17. The van der Waals surface area contributed by atoms with Gasteiger partial charge in [-0.25, -0.2) is 4.39 Å². The van der Waals surface area contributed by atoms with Crippen LogP contribution in [0.25, 0.3) is 0 Å². The Labute approximate surface area is 160 Å². The van der Waals surface area contributed by atoms with Crippen molar-refractivity contribution in [3.8, 4) is 0 Å². The zero-order valence-corrected chi connectivity index (χ0v) is 14.8. The third-order valence-corrected chi connectivity index (χ3v) is 3.77. The Morgan fingerprint density at radius 2 is 1.36 bits per heavy atom. The predicted octanol–water partition coefficient (Wildman–Crippen LogP) is 4.70. The summed E-state index contributed by atoms with van der Waals surface area (Å²) in [6.45, 7) is 0.428. The summed E-state index contributed by atoms with van der Waals surface area (Å²) in [7, 11) is 0. The second-order valence-electron chi connectivity index (χ2n) is 5.86. The molecular weight excluding hydrogens is 359 g/mol. The molecule has 0 aliphatic heterocycles. The summed E-state index contributed by atoms with van der Waals surface area (Å²) in [5.74, 6) is 1.50. The smallest absolute Gasteiger partial charge is 0.233 e. The fourth-order valence-corrected chi connectivity index (χ4v) is 2.46. The van der Waals surface area contributed by atoms with E-state index in [9.17, 15) is 4.39 Å². The van der Waals surface area contributed by atoms with Gasteiger partial charge in [-0.3, -0.25) is 0 Å². The van der Waals surface area contributed by atoms with Gasteiger partial charge in [0.2, 0.25) is 17.8 Å². The predicted molar refractivity (Wildman–Crippen MR) is 105 cm³/mol. The van der Waals surface area contributed by atoms with E-state index < -0.39 is 0 Å². The van der Waals surface area contributed by atoms with Gasteiger partial charge in [0.25, 0.3) is 0 Å². The van der Waals surface area contributed by atoms with Crippen LogP contribution in [0.1, 0.15) is 5.76 Å². The summed E-state index contributed by atoms with van der Waals surface area (Å²) in [6.07, 6.45) is 1.61. The lowest BCUT2D eigenvalue weighted by atomic mass is 10.3. The number of halogens is 1. The number of rotatable bonds is 7. The number of hydrogen-bond donors (Lipinski definition) is 3. The highest BCUT2D eigenvalue weighted by Gasteiger charge is 2.08. The molecule has 0 spiro atoms. The van der Waals surface area contributed by atoms with Crippen molar-refractivity contribution in [3.63, 3.8) is 0 Å². The van der Waals surface area contributed by atoms with E-state index in [4.69, 9.17) is 4.42 Å². The van der Waals surface area contributed by atoms with Gasteiger partial charge in [0, 0.05) is 11.4 Å². The van der Waals surface area contributed by atoms with Crippen molar-refractivity contribution in [3.05, 3.63) is 84.6 Å². The first kappa shape index (κ1) is 17.5. The van der Waals surface area contributed by atoms with E-state index in [1.165, 1.54) is 12.1 Å². The average Bonchev–Trinajstić information content (AvgIpc) is 3.23. The molecule has 0 saturated heterocycles. The van der Waals surface area contributed by atoms with Crippen molar-refractivity contribution in [2.75, 3.05) is 16.0 Å². The van der Waals surface area contributed by atoms with Gasteiger partial charge < -0.3 is 20.4 Å². The number of nitrogens with one attached hydrogen (secondary N) is 3. The van der Waals surface area contributed by atoms with Gasteiger partial charge in [-0.2, -0.15) is 15.0 Å². The van der Waals surface area contributed by atoms with Gasteiger partial charge in [0.15, 0.2) is 0 Å². The van der Waals surface area contributed by atoms with Gasteiger partial charge in [-0.1, -0.05) is 18.2 Å². The molecule has 28 heavy (non-hydrogen) atoms. The number of nitrogens with zero attached hydrogens (tertiary/aromatic N) is 3. The molecule has 140 valence electrons. The normalized spacial score (nSPS) is 10.5. The van der Waals surface area contributed by atoms with Gasteiger partial charge in [-0.15, -0.1) is 0 Å². The van der Waals surface area contributed by atoms with Gasteiger partial charge >= 0.3 is 0 Å². The van der Waals surface area contributed by atoms with Gasteiger partial charge in [-0.05, 0) is 48.5 Å². The third kappa shape index (κ3) is 4.61. The van der Waals surface area contributed by atoms with Gasteiger partial charge in [0.1, 0.15) is 11.6 Å². The Bertz CT molecular complexity index is 1020. The van der Waals surface area contributed by atoms with Crippen LogP contribution in [-0.4, -0.2) is 15.0 Å². The molecule has 8 heteroatoms. The summed E-state index contributed by atoms with van der Waals surface area (Å²) >= 11 is 0. The number of anilines is 5. The average molecular weight is 376 g/mol. The van der Waals surface area contributed by atoms with E-state index in [1.807, 2.05) is 42.5 Å². The van der Waals surface area contributed by atoms with E-state index in [0.717, 1.165) is 11.4 Å². The number of para-hydroxylation sites is 1. The molecule has 0 fully saturated rings. The van der Waals surface area contributed by atoms with Crippen molar-refractivity contribution >= 4 is 29.2 Å². The van der Waals surface area contributed by atoms with Crippen LogP contribution in [-0.2, 0) is 6.54 Å². The van der Waals surface area contributed by atoms with Crippen molar-refractivity contribution in [1.82, 2.24) is 15.0 Å². The molecule has 0 saturated carbocycles. The molecule has 7 nitrogen and oxygen atoms in total. The highest BCUT2D eigenvalue weighted by Crippen LogP contribution is 2.19. The molecule has 0 amide bonds. The van der Waals surface area contributed by atoms with Crippen molar-refractivity contribution in [2.24, 2.45) is 0 Å². The molecule has 4 rings (SSSR count). The monoisotopic (exact) mass is 376 g/mol. The van der Waals surface area contributed by atoms with Crippen LogP contribution in [0.4, 0.5) is 33.6 Å². The van der Waals surface area contributed by atoms with Gasteiger partial charge in [0.05, 0.1) is 12.8 Å². The molecule has 2 aromatic heterocycles. The third-order valence-electron chi connectivity index (χ3n) is 3.77. The number of hydrogen-bond acceptors (Lipinski definition) is 7. The maximum absolute atomic E-state index is 13.1. The maximum Gasteiger partial charge on any atom is 0.233 e. The lowest BCUT2D eigenvalue weighted by Crippen LogP contribution is -2.09. The summed E-state index contributed by atoms with van der Waals surface area (Å²) in [6, 6.07) is 19.2. The quantitative estimate of drug-likeness (QED) is 0.431. The van der Waals surface area contributed by atoms with Crippen molar-refractivity contribution in [2.45, 2.75) is 6.54 Å². The number of aromatic nitrogens is 3. The molecule has 0 radical (unpaired) electrons. The summed E-state index contributed by atoms with van der Waals surface area (Å²) in [4.78, 5) is 13.2. The first-order chi connectivity index (χ1) is 13.7. The Balaban J connectivity index is 1.58. The zero-order valence-electron chi connectivity index (χ0n) is 14.8. The molecule has 2 aromatic carbocycles. The minimum atomic E-state index is -0.312. The SMILES string of the molecule is Fc1ccc(Nc2nc(NCc3ccco3)nc(Nc3ccccc3)n2)cc1. The molecule has 2 heterocycles. The lowest BCUT2D eigenvalue weighted by molar-refractivity contribution is 0.517. The summed E-state index contributed by atoms with van der Waals surface area (Å²) < 4.78 is 18.5. The van der Waals surface area contributed by atoms with Crippen LogP contribution in [0.3, 0.4) is 0 Å². The first-order valence-electron chi connectivity index (χ1n) is 8.61. The van der Waals surface area contributed by atoms with E-state index in [2.05, 4.69) is 30.9 Å². The standard InChI is InChI=1S/C20H17FN6O/c21-14-8-10-16(11-9-14)24-20-26-18(22-13-17-7-4-12-28-17)25-19(27-20)23-15-5-2-1-3-6-15/h1-12H,13H2,(H3,22,23,24,25,26,27). The van der Waals surface area contributed by atoms with Crippen LogP contribution in [0.5, 0.6) is 0 Å². The summed E-state index contributed by atoms with van der Waals surface area (Å²) in [5, 5.41) is 9.32. The van der Waals surface area contributed by atoms with E-state index in [0.29, 0.717) is 30.1 Å². The second-order valence-corrected chi connectivity index (χ2v) is 5.86. The Hall–Kier alpha value is -3.94. The lowest BCUT2D eigenvalue weighted by Gasteiger charge is -2.11. The highest BCUT2D eigenvalue weighted by atomic mass is 19.1. The Kier molecular flexibility index (Phi) is 5.10. The zero-order chi connectivity index (χ0) is 19.2. The van der Waals surface area contributed by atoms with Crippen molar-refractivity contribution < 1.29 is 8.81 Å². The number of furan rings is 1. The Morgan fingerprint density at radius 1 is 0.714 bits per heavy atom. The van der Waals surface area contributed by atoms with Crippen molar-refractivity contribution in [1.29, 1.82) is 0 Å². The molecular formula is C20H17FN6O. The molecule has 4 aromatic rings. The van der Waals surface area contributed by atoms with E-state index in [1.54, 1.807) is 18.4 Å². The van der Waals surface area contributed by atoms with E-state index in [-0.39, 0.29) is 5.82 Å². The number of benzene rings is 2. The first-order valence-corrected chi connectivity index (χ1v) is 8.61. The molecule has 0 atom stereocenters. The highest BCUT2D eigenvalue weighted by molar-refractivity contribution is 5.59. The Morgan fingerprint density at radius 3 is 2.00 bits per heavy atom. The topological polar surface area (TPSA) is 87.9 Å². The van der Waals surface area contributed by atoms with Crippen LogP contribution in [0.2, 0.25) is 0 Å². The molecule has 0 aliphatic rings. The van der Waals surface area contributed by atoms with Crippen LogP contribution in [0, 0.1) is 5.82 Å². The van der Waals surface area contributed by atoms with Crippen LogP contribution in [0.15, 0.2) is 77.4 Å². The minimum Gasteiger partial charge on any atom is -0.467 e. The summed E-state index contributed by atoms with van der Waals surface area (Å²) in [5.41, 5.74) is 1.51. The maximum atomic E-state index is 13.1. The molecule has 3 N–H and O–H groups in total. The van der Waals surface area contributed by atoms with E-state index >= 15 is 0 Å². The fraction of sp³-hybridized carbons (Fsp3) is 0.0500. The van der Waals surface area contributed by atoms with Crippen LogP contribution < -0.4 is 16.0 Å². The molecule has 0 aliphatic carbocycles. The van der Waals surface area contributed by atoms with Crippen LogP contribution >= 0.6 is 0 Å². The fourth-order valence-electron chi connectivity index (χ4n) is 2.46.